The molecule has 0 radical (unpaired) electrons. The van der Waals surface area contributed by atoms with E-state index in [4.69, 9.17) is 0 Å². The highest BCUT2D eigenvalue weighted by Gasteiger charge is 1.87. The number of rotatable bonds is 3. The van der Waals surface area contributed by atoms with E-state index in [0.29, 0.717) is 0 Å². The van der Waals surface area contributed by atoms with Crippen molar-refractivity contribution in [2.75, 3.05) is 0 Å². The van der Waals surface area contributed by atoms with Crippen molar-refractivity contribution < 1.29 is 4.79 Å². The molecule has 1 aromatic heterocycles. The van der Waals surface area contributed by atoms with Crippen molar-refractivity contribution in [3.63, 3.8) is 0 Å². The topological polar surface area (TPSA) is 30.0 Å². The van der Waals surface area contributed by atoms with E-state index in [9.17, 15) is 4.79 Å². The number of halogens is 1. The Kier molecular flexibility index (Phi) is 4.12. The largest absolute Gasteiger partial charge is 0.299 e. The van der Waals surface area contributed by atoms with Gasteiger partial charge in [0.05, 0.1) is 5.69 Å². The quantitative estimate of drug-likeness (QED) is 0.350. The van der Waals surface area contributed by atoms with Crippen LogP contribution in [-0.2, 0) is 4.79 Å². The van der Waals surface area contributed by atoms with Crippen molar-refractivity contribution in [3.05, 3.63) is 46.7 Å². The highest BCUT2D eigenvalue weighted by atomic mass is 79.9. The van der Waals surface area contributed by atoms with Gasteiger partial charge in [-0.1, -0.05) is 18.2 Å². The van der Waals surface area contributed by atoms with Crippen molar-refractivity contribution >= 4 is 28.3 Å². The van der Waals surface area contributed by atoms with E-state index in [1.54, 1.807) is 12.2 Å². The standard InChI is InChI=1S/C10H8BrNO/c11-10-7-4-6-9(12-10)5-2-1-3-8-13/h1-8H/b3-1+,5-2+. The summed E-state index contributed by atoms with van der Waals surface area (Å²) in [6.07, 6.45) is 7.41. The molecule has 1 rings (SSSR count). The molecule has 0 aliphatic carbocycles. The lowest BCUT2D eigenvalue weighted by Crippen LogP contribution is -1.78. The van der Waals surface area contributed by atoms with E-state index in [0.717, 1.165) is 16.6 Å². The number of pyridine rings is 1. The van der Waals surface area contributed by atoms with Crippen LogP contribution in [0.4, 0.5) is 0 Å². The fourth-order valence-electron chi connectivity index (χ4n) is 0.780. The van der Waals surface area contributed by atoms with Crippen molar-refractivity contribution in [1.29, 1.82) is 0 Å². The van der Waals surface area contributed by atoms with Crippen LogP contribution in [0, 0.1) is 0 Å². The van der Waals surface area contributed by atoms with Crippen molar-refractivity contribution in [2.45, 2.75) is 0 Å². The minimum absolute atomic E-state index is 0.735. The Morgan fingerprint density at radius 2 is 2.08 bits per heavy atom. The molecule has 0 unspecified atom stereocenters. The van der Waals surface area contributed by atoms with Crippen molar-refractivity contribution in [2.24, 2.45) is 0 Å². The minimum atomic E-state index is 0.735. The summed E-state index contributed by atoms with van der Waals surface area (Å²) >= 11 is 3.27. The number of carbonyl (C=O) groups excluding carboxylic acids is 1. The second kappa shape index (κ2) is 5.43. The number of nitrogens with zero attached hydrogens (tertiary/aromatic N) is 1. The summed E-state index contributed by atoms with van der Waals surface area (Å²) in [5.74, 6) is 0. The fraction of sp³-hybridized carbons (Fsp3) is 0. The molecule has 0 atom stereocenters. The maximum Gasteiger partial charge on any atom is 0.142 e. The maximum absolute atomic E-state index is 9.93. The minimum Gasteiger partial charge on any atom is -0.299 e. The number of aldehydes is 1. The highest BCUT2D eigenvalue weighted by Crippen LogP contribution is 2.07. The van der Waals surface area contributed by atoms with Crippen LogP contribution in [0.15, 0.2) is 41.0 Å². The molecule has 0 spiro atoms. The van der Waals surface area contributed by atoms with Crippen molar-refractivity contribution in [3.8, 4) is 0 Å². The number of aromatic nitrogens is 1. The molecule has 2 nitrogen and oxygen atoms in total. The summed E-state index contributed by atoms with van der Waals surface area (Å²) < 4.78 is 0.800. The lowest BCUT2D eigenvalue weighted by molar-refractivity contribution is -0.104. The Morgan fingerprint density at radius 3 is 2.77 bits per heavy atom. The molecular weight excluding hydrogens is 230 g/mol. The summed E-state index contributed by atoms with van der Waals surface area (Å²) in [7, 11) is 0. The van der Waals surface area contributed by atoms with Gasteiger partial charge in [0.15, 0.2) is 0 Å². The van der Waals surface area contributed by atoms with E-state index in [2.05, 4.69) is 20.9 Å². The predicted octanol–water partition coefficient (Wildman–Crippen LogP) is 2.61. The zero-order valence-corrected chi connectivity index (χ0v) is 8.44. The monoisotopic (exact) mass is 237 g/mol. The molecule has 0 fully saturated rings. The molecule has 0 bridgehead atoms. The van der Waals surface area contributed by atoms with E-state index in [1.807, 2.05) is 24.3 Å². The molecule has 0 aliphatic heterocycles. The first kappa shape index (κ1) is 9.86. The van der Waals surface area contributed by atoms with Crippen LogP contribution in [0.3, 0.4) is 0 Å². The van der Waals surface area contributed by atoms with Crippen molar-refractivity contribution in [1.82, 2.24) is 4.98 Å². The predicted molar refractivity (Wildman–Crippen MR) is 56.2 cm³/mol. The highest BCUT2D eigenvalue weighted by molar-refractivity contribution is 9.10. The van der Waals surface area contributed by atoms with Gasteiger partial charge in [0.1, 0.15) is 10.9 Å². The summed E-state index contributed by atoms with van der Waals surface area (Å²) in [6.45, 7) is 0. The Balaban J connectivity index is 2.68. The van der Waals surface area contributed by atoms with Gasteiger partial charge in [-0.2, -0.15) is 0 Å². The summed E-state index contributed by atoms with van der Waals surface area (Å²) in [4.78, 5) is 14.1. The number of carbonyl (C=O) groups is 1. The van der Waals surface area contributed by atoms with Crippen LogP contribution in [0.1, 0.15) is 5.69 Å². The van der Waals surface area contributed by atoms with Gasteiger partial charge in [-0.05, 0) is 40.2 Å². The number of allylic oxidation sites excluding steroid dienone is 3. The molecule has 1 aromatic rings. The molecule has 0 aromatic carbocycles. The average molecular weight is 238 g/mol. The van der Waals surface area contributed by atoms with E-state index in [1.165, 1.54) is 6.08 Å². The van der Waals surface area contributed by atoms with Gasteiger partial charge in [-0.25, -0.2) is 4.98 Å². The molecule has 3 heteroatoms. The molecule has 0 saturated heterocycles. The van der Waals surface area contributed by atoms with Gasteiger partial charge in [0, 0.05) is 0 Å². The van der Waals surface area contributed by atoms with Gasteiger partial charge in [-0.15, -0.1) is 0 Å². The fourth-order valence-corrected chi connectivity index (χ4v) is 1.14. The Labute approximate surface area is 85.1 Å². The smallest absolute Gasteiger partial charge is 0.142 e. The van der Waals surface area contributed by atoms with Crippen LogP contribution in [0.25, 0.3) is 6.08 Å². The van der Waals surface area contributed by atoms with Crippen LogP contribution in [-0.4, -0.2) is 11.3 Å². The third-order valence-electron chi connectivity index (χ3n) is 1.30. The third-order valence-corrected chi connectivity index (χ3v) is 1.75. The number of hydrogen-bond donors (Lipinski definition) is 0. The zero-order chi connectivity index (χ0) is 9.52. The third kappa shape index (κ3) is 3.80. The van der Waals surface area contributed by atoms with Crippen LogP contribution < -0.4 is 0 Å². The van der Waals surface area contributed by atoms with Gasteiger partial charge in [-0.3, -0.25) is 4.79 Å². The Morgan fingerprint density at radius 1 is 1.23 bits per heavy atom. The van der Waals surface area contributed by atoms with E-state index < -0.39 is 0 Å². The first-order valence-corrected chi connectivity index (χ1v) is 4.53. The molecule has 0 N–H and O–H groups in total. The molecule has 0 saturated carbocycles. The SMILES string of the molecule is O=C/C=C/C=C/c1cccc(Br)n1. The Bertz CT molecular complexity index is 345. The second-order valence-electron chi connectivity index (χ2n) is 2.27. The first-order valence-electron chi connectivity index (χ1n) is 3.74. The van der Waals surface area contributed by atoms with E-state index >= 15 is 0 Å². The lowest BCUT2D eigenvalue weighted by atomic mass is 10.3. The second-order valence-corrected chi connectivity index (χ2v) is 3.08. The average Bonchev–Trinajstić information content (AvgIpc) is 2.13. The summed E-state index contributed by atoms with van der Waals surface area (Å²) in [5, 5.41) is 0. The van der Waals surface area contributed by atoms with Crippen LogP contribution in [0.5, 0.6) is 0 Å². The first-order chi connectivity index (χ1) is 6.33. The maximum atomic E-state index is 9.93. The summed E-state index contributed by atoms with van der Waals surface area (Å²) in [6, 6.07) is 5.65. The van der Waals surface area contributed by atoms with Gasteiger partial charge in [0.25, 0.3) is 0 Å². The van der Waals surface area contributed by atoms with Gasteiger partial charge < -0.3 is 0 Å². The van der Waals surface area contributed by atoms with Gasteiger partial charge >= 0.3 is 0 Å². The van der Waals surface area contributed by atoms with Crippen LogP contribution in [0.2, 0.25) is 0 Å². The normalized spacial score (nSPS) is 11.2. The molecule has 66 valence electrons. The van der Waals surface area contributed by atoms with Gasteiger partial charge in [0.2, 0.25) is 0 Å². The van der Waals surface area contributed by atoms with Crippen LogP contribution >= 0.6 is 15.9 Å². The zero-order valence-electron chi connectivity index (χ0n) is 6.85. The lowest BCUT2D eigenvalue weighted by Gasteiger charge is -1.91. The molecule has 13 heavy (non-hydrogen) atoms. The molecule has 1 heterocycles. The molecule has 0 aliphatic rings. The Hall–Kier alpha value is -1.22. The molecule has 0 amide bonds. The van der Waals surface area contributed by atoms with E-state index in [-0.39, 0.29) is 0 Å². The summed E-state index contributed by atoms with van der Waals surface area (Å²) in [5.41, 5.74) is 0.852. The number of hydrogen-bond acceptors (Lipinski definition) is 2. The molecular formula is C10H8BrNO.